The van der Waals surface area contributed by atoms with Gasteiger partial charge in [0.1, 0.15) is 0 Å². The third-order valence-electron chi connectivity index (χ3n) is 3.17. The molecule has 1 saturated heterocycles. The first-order chi connectivity index (χ1) is 7.97. The minimum Gasteiger partial charge on any atom is -0.375 e. The van der Waals surface area contributed by atoms with E-state index in [4.69, 9.17) is 4.74 Å². The van der Waals surface area contributed by atoms with Crippen LogP contribution in [0.5, 0.6) is 0 Å². The number of ether oxygens (including phenoxy) is 1. The van der Waals surface area contributed by atoms with Crippen LogP contribution in [0.1, 0.15) is 13.3 Å². The molecule has 0 spiro atoms. The standard InChI is InChI=1S/C12H16F3NO/c1-8-7-17-11(6-16-8)9-2-4-10(5-3-9)12(13,14)15/h2,4-5,8-9,11,16H,3,6-7H2,1H3/t8-,9?,11+/m0/s1. The monoisotopic (exact) mass is 247 g/mol. The molecular weight excluding hydrogens is 231 g/mol. The normalized spacial score (nSPS) is 34.6. The van der Waals surface area contributed by atoms with Gasteiger partial charge in [0.05, 0.1) is 18.3 Å². The molecule has 1 aliphatic heterocycles. The molecule has 0 radical (unpaired) electrons. The van der Waals surface area contributed by atoms with Crippen molar-refractivity contribution in [3.05, 3.63) is 23.8 Å². The van der Waals surface area contributed by atoms with Gasteiger partial charge in [0.2, 0.25) is 0 Å². The fourth-order valence-corrected chi connectivity index (χ4v) is 2.10. The van der Waals surface area contributed by atoms with Crippen LogP contribution in [0.2, 0.25) is 0 Å². The van der Waals surface area contributed by atoms with Crippen LogP contribution < -0.4 is 5.32 Å². The fraction of sp³-hybridized carbons (Fsp3) is 0.667. The van der Waals surface area contributed by atoms with E-state index in [1.54, 1.807) is 6.08 Å². The van der Waals surface area contributed by atoms with Crippen molar-refractivity contribution in [1.29, 1.82) is 0 Å². The molecule has 1 fully saturated rings. The van der Waals surface area contributed by atoms with Gasteiger partial charge in [-0.15, -0.1) is 0 Å². The molecule has 0 aromatic rings. The van der Waals surface area contributed by atoms with Crippen LogP contribution in [0.25, 0.3) is 0 Å². The highest BCUT2D eigenvalue weighted by Gasteiger charge is 2.34. The van der Waals surface area contributed by atoms with Crippen LogP contribution in [0.4, 0.5) is 13.2 Å². The molecule has 2 aliphatic rings. The smallest absolute Gasteiger partial charge is 0.375 e. The zero-order valence-electron chi connectivity index (χ0n) is 9.63. The molecule has 1 heterocycles. The molecule has 2 nitrogen and oxygen atoms in total. The molecule has 2 rings (SSSR count). The Morgan fingerprint density at radius 3 is 2.65 bits per heavy atom. The molecule has 96 valence electrons. The second kappa shape index (κ2) is 4.82. The molecule has 0 aromatic carbocycles. The lowest BCUT2D eigenvalue weighted by molar-refractivity contribution is -0.0891. The van der Waals surface area contributed by atoms with Crippen molar-refractivity contribution in [2.24, 2.45) is 5.92 Å². The Kier molecular flexibility index (Phi) is 3.58. The van der Waals surface area contributed by atoms with E-state index >= 15 is 0 Å². The van der Waals surface area contributed by atoms with E-state index < -0.39 is 11.7 Å². The van der Waals surface area contributed by atoms with Gasteiger partial charge < -0.3 is 10.1 Å². The first-order valence-electron chi connectivity index (χ1n) is 5.77. The highest BCUT2D eigenvalue weighted by molar-refractivity contribution is 5.28. The van der Waals surface area contributed by atoms with Crippen molar-refractivity contribution >= 4 is 0 Å². The van der Waals surface area contributed by atoms with Crippen LogP contribution in [0, 0.1) is 5.92 Å². The molecule has 3 atom stereocenters. The molecule has 1 unspecified atom stereocenters. The number of nitrogens with one attached hydrogen (secondary N) is 1. The summed E-state index contributed by atoms with van der Waals surface area (Å²) in [5, 5.41) is 3.27. The summed E-state index contributed by atoms with van der Waals surface area (Å²) in [6, 6.07) is 0.320. The Labute approximate surface area is 98.5 Å². The van der Waals surface area contributed by atoms with Crippen molar-refractivity contribution in [2.75, 3.05) is 13.2 Å². The number of alkyl halides is 3. The zero-order valence-corrected chi connectivity index (χ0v) is 9.63. The first kappa shape index (κ1) is 12.6. The topological polar surface area (TPSA) is 21.3 Å². The third kappa shape index (κ3) is 3.10. The first-order valence-corrected chi connectivity index (χ1v) is 5.77. The van der Waals surface area contributed by atoms with Crippen molar-refractivity contribution < 1.29 is 17.9 Å². The van der Waals surface area contributed by atoms with E-state index in [1.165, 1.54) is 6.08 Å². The molecule has 5 heteroatoms. The lowest BCUT2D eigenvalue weighted by atomic mass is 9.91. The molecule has 0 saturated carbocycles. The van der Waals surface area contributed by atoms with E-state index in [1.807, 2.05) is 6.92 Å². The second-order valence-corrected chi connectivity index (χ2v) is 4.60. The van der Waals surface area contributed by atoms with E-state index in [-0.39, 0.29) is 12.0 Å². The van der Waals surface area contributed by atoms with Crippen molar-refractivity contribution in [1.82, 2.24) is 5.32 Å². The molecule has 0 amide bonds. The van der Waals surface area contributed by atoms with Gasteiger partial charge in [-0.2, -0.15) is 13.2 Å². The van der Waals surface area contributed by atoms with Gasteiger partial charge in [0, 0.05) is 18.5 Å². The van der Waals surface area contributed by atoms with E-state index in [0.29, 0.717) is 25.6 Å². The van der Waals surface area contributed by atoms with Gasteiger partial charge in [-0.1, -0.05) is 18.2 Å². The second-order valence-electron chi connectivity index (χ2n) is 4.60. The molecule has 0 aromatic heterocycles. The summed E-state index contributed by atoms with van der Waals surface area (Å²) >= 11 is 0. The van der Waals surface area contributed by atoms with Crippen LogP contribution in [-0.4, -0.2) is 31.5 Å². The Hall–Kier alpha value is -0.810. The van der Waals surface area contributed by atoms with Crippen LogP contribution in [0.15, 0.2) is 23.8 Å². The van der Waals surface area contributed by atoms with Gasteiger partial charge in [-0.25, -0.2) is 0 Å². The Morgan fingerprint density at radius 2 is 2.18 bits per heavy atom. The third-order valence-corrected chi connectivity index (χ3v) is 3.17. The molecule has 17 heavy (non-hydrogen) atoms. The summed E-state index contributed by atoms with van der Waals surface area (Å²) in [4.78, 5) is 0. The number of allylic oxidation sites excluding steroid dienone is 3. The van der Waals surface area contributed by atoms with Gasteiger partial charge >= 0.3 is 6.18 Å². The van der Waals surface area contributed by atoms with Crippen molar-refractivity contribution in [2.45, 2.75) is 31.7 Å². The van der Waals surface area contributed by atoms with Gasteiger partial charge in [-0.3, -0.25) is 0 Å². The Bertz CT molecular complexity index is 327. The summed E-state index contributed by atoms with van der Waals surface area (Å²) in [5.41, 5.74) is -0.550. The minimum absolute atomic E-state index is 0.0199. The largest absolute Gasteiger partial charge is 0.416 e. The number of rotatable bonds is 1. The highest BCUT2D eigenvalue weighted by Crippen LogP contribution is 2.32. The van der Waals surface area contributed by atoms with Gasteiger partial charge in [-0.05, 0) is 13.3 Å². The number of hydrogen-bond donors (Lipinski definition) is 1. The number of halogens is 3. The summed E-state index contributed by atoms with van der Waals surface area (Å²) in [7, 11) is 0. The van der Waals surface area contributed by atoms with Gasteiger partial charge in [0.25, 0.3) is 0 Å². The summed E-state index contributed by atoms with van der Waals surface area (Å²) in [6.07, 6.45) is 0.175. The SMILES string of the molecule is C[C@H]1CO[C@@H](C2C=CC(C(F)(F)F)=CC2)CN1. The quantitative estimate of drug-likeness (QED) is 0.768. The number of hydrogen-bond acceptors (Lipinski definition) is 2. The van der Waals surface area contributed by atoms with Crippen LogP contribution in [-0.2, 0) is 4.74 Å². The zero-order chi connectivity index (χ0) is 12.5. The fourth-order valence-electron chi connectivity index (χ4n) is 2.10. The number of morpholine rings is 1. The maximum absolute atomic E-state index is 12.4. The van der Waals surface area contributed by atoms with E-state index in [9.17, 15) is 13.2 Å². The average Bonchev–Trinajstić information content (AvgIpc) is 2.29. The summed E-state index contributed by atoms with van der Waals surface area (Å²) in [5.74, 6) is 0.0427. The predicted molar refractivity (Wildman–Crippen MR) is 58.6 cm³/mol. The van der Waals surface area contributed by atoms with Gasteiger partial charge in [0.15, 0.2) is 0 Å². The van der Waals surface area contributed by atoms with E-state index in [0.717, 1.165) is 6.08 Å². The maximum atomic E-state index is 12.4. The molecular formula is C12H16F3NO. The molecule has 1 aliphatic carbocycles. The van der Waals surface area contributed by atoms with Crippen LogP contribution >= 0.6 is 0 Å². The predicted octanol–water partition coefficient (Wildman–Crippen LogP) is 2.43. The maximum Gasteiger partial charge on any atom is 0.416 e. The molecule has 1 N–H and O–H groups in total. The van der Waals surface area contributed by atoms with Crippen LogP contribution in [0.3, 0.4) is 0 Å². The summed E-state index contributed by atoms with van der Waals surface area (Å²) < 4.78 is 42.8. The van der Waals surface area contributed by atoms with E-state index in [2.05, 4.69) is 5.32 Å². The lowest BCUT2D eigenvalue weighted by Crippen LogP contribution is -2.47. The minimum atomic E-state index is -4.23. The van der Waals surface area contributed by atoms with Crippen molar-refractivity contribution in [3.8, 4) is 0 Å². The Balaban J connectivity index is 1.92. The Morgan fingerprint density at radius 1 is 1.41 bits per heavy atom. The lowest BCUT2D eigenvalue weighted by Gasteiger charge is -2.33. The highest BCUT2D eigenvalue weighted by atomic mass is 19.4. The molecule has 0 bridgehead atoms. The average molecular weight is 247 g/mol. The van der Waals surface area contributed by atoms with Crippen molar-refractivity contribution in [3.63, 3.8) is 0 Å². The summed E-state index contributed by atoms with van der Waals surface area (Å²) in [6.45, 7) is 3.34.